The lowest BCUT2D eigenvalue weighted by molar-refractivity contribution is 0.0190. The summed E-state index contributed by atoms with van der Waals surface area (Å²) in [5.41, 5.74) is 2.56. The van der Waals surface area contributed by atoms with Crippen LogP contribution in [0.2, 0.25) is 0 Å². The first-order chi connectivity index (χ1) is 7.59. The molecule has 1 rings (SSSR count). The van der Waals surface area contributed by atoms with Crippen molar-refractivity contribution in [1.29, 1.82) is 0 Å². The maximum Gasteiger partial charge on any atom is 0.122 e. The van der Waals surface area contributed by atoms with Crippen LogP contribution in [0.4, 0.5) is 0 Å². The Kier molecular flexibility index (Phi) is 3.58. The third kappa shape index (κ3) is 2.81. The second-order valence-corrected chi connectivity index (χ2v) is 6.15. The van der Waals surface area contributed by atoms with E-state index in [1.165, 1.54) is 0 Å². The van der Waals surface area contributed by atoms with Crippen molar-refractivity contribution in [3.63, 3.8) is 0 Å². The molecule has 0 saturated heterocycles. The van der Waals surface area contributed by atoms with Gasteiger partial charge >= 0.3 is 0 Å². The third-order valence-corrected chi connectivity index (χ3v) is 3.31. The van der Waals surface area contributed by atoms with Crippen LogP contribution in [0.1, 0.15) is 51.3 Å². The highest BCUT2D eigenvalue weighted by Gasteiger charge is 2.25. The van der Waals surface area contributed by atoms with E-state index in [0.717, 1.165) is 16.7 Å². The van der Waals surface area contributed by atoms with Crippen LogP contribution >= 0.6 is 0 Å². The van der Waals surface area contributed by atoms with Gasteiger partial charge in [-0.15, -0.1) is 0 Å². The smallest absolute Gasteiger partial charge is 0.122 e. The number of phenolic OH excluding ortho intramolecular Hbond substituents is 1. The summed E-state index contributed by atoms with van der Waals surface area (Å²) in [6.45, 7) is 12.3. The molecule has 1 aromatic carbocycles. The van der Waals surface area contributed by atoms with Crippen LogP contribution in [0.3, 0.4) is 0 Å². The molecule has 96 valence electrons. The van der Waals surface area contributed by atoms with Gasteiger partial charge in [0.2, 0.25) is 0 Å². The minimum absolute atomic E-state index is 0.0747. The van der Waals surface area contributed by atoms with E-state index >= 15 is 0 Å². The normalized spacial score (nSPS) is 12.9. The summed E-state index contributed by atoms with van der Waals surface area (Å²) in [5.74, 6) is 0.396. The van der Waals surface area contributed by atoms with Crippen molar-refractivity contribution in [2.45, 2.75) is 52.6 Å². The fourth-order valence-corrected chi connectivity index (χ4v) is 1.82. The zero-order valence-electron chi connectivity index (χ0n) is 12.0. The quantitative estimate of drug-likeness (QED) is 0.844. The van der Waals surface area contributed by atoms with E-state index in [-0.39, 0.29) is 11.0 Å². The second kappa shape index (κ2) is 4.34. The van der Waals surface area contributed by atoms with Crippen molar-refractivity contribution in [2.75, 3.05) is 7.11 Å². The van der Waals surface area contributed by atoms with Crippen LogP contribution in [-0.4, -0.2) is 12.2 Å². The number of hydrogen-bond donors (Lipinski definition) is 1. The molecule has 0 aliphatic carbocycles. The Morgan fingerprint density at radius 1 is 1.06 bits per heavy atom. The van der Waals surface area contributed by atoms with Crippen LogP contribution in [-0.2, 0) is 15.8 Å². The molecule has 0 radical (unpaired) electrons. The standard InChI is InChI=1S/C15H24O2/c1-10-8-11(15(5,6)17-7)9-12(13(10)16)14(2,3)4/h8-9,16H,1-7H3. The van der Waals surface area contributed by atoms with E-state index in [0.29, 0.717) is 5.75 Å². The fraction of sp³-hybridized carbons (Fsp3) is 0.600. The lowest BCUT2D eigenvalue weighted by Gasteiger charge is -2.28. The predicted molar refractivity (Wildman–Crippen MR) is 71.6 cm³/mol. The molecule has 0 saturated carbocycles. The van der Waals surface area contributed by atoms with Crippen molar-refractivity contribution >= 4 is 0 Å². The van der Waals surface area contributed by atoms with Gasteiger partial charge in [0.05, 0.1) is 5.60 Å². The molecule has 0 atom stereocenters. The Morgan fingerprint density at radius 2 is 1.59 bits per heavy atom. The molecule has 0 aliphatic heterocycles. The zero-order chi connectivity index (χ0) is 13.4. The van der Waals surface area contributed by atoms with E-state index in [1.807, 2.05) is 32.9 Å². The van der Waals surface area contributed by atoms with Gasteiger partial charge in [-0.3, -0.25) is 0 Å². The largest absolute Gasteiger partial charge is 0.507 e. The molecule has 2 nitrogen and oxygen atoms in total. The maximum atomic E-state index is 10.2. The molecule has 1 N–H and O–H groups in total. The van der Waals surface area contributed by atoms with Gasteiger partial charge in [-0.25, -0.2) is 0 Å². The first-order valence-corrected chi connectivity index (χ1v) is 5.99. The first-order valence-electron chi connectivity index (χ1n) is 5.99. The molecule has 2 heteroatoms. The van der Waals surface area contributed by atoms with E-state index in [9.17, 15) is 5.11 Å². The Balaban J connectivity index is 3.45. The molecular weight excluding hydrogens is 212 g/mol. The number of ether oxygens (including phenoxy) is 1. The molecule has 1 aromatic rings. The number of aryl methyl sites for hydroxylation is 1. The Labute approximate surface area is 105 Å². The van der Waals surface area contributed by atoms with Gasteiger partial charge in [-0.05, 0) is 55.0 Å². The molecule has 0 amide bonds. The topological polar surface area (TPSA) is 29.5 Å². The summed E-state index contributed by atoms with van der Waals surface area (Å²) in [6.07, 6.45) is 0. The van der Waals surface area contributed by atoms with Crippen molar-refractivity contribution in [1.82, 2.24) is 0 Å². The lowest BCUT2D eigenvalue weighted by atomic mass is 9.82. The minimum Gasteiger partial charge on any atom is -0.507 e. The summed E-state index contributed by atoms with van der Waals surface area (Å²) < 4.78 is 5.50. The maximum absolute atomic E-state index is 10.2. The van der Waals surface area contributed by atoms with Crippen molar-refractivity contribution in [2.24, 2.45) is 0 Å². The van der Waals surface area contributed by atoms with Gasteiger partial charge in [-0.2, -0.15) is 0 Å². The van der Waals surface area contributed by atoms with Crippen molar-refractivity contribution in [3.8, 4) is 5.75 Å². The zero-order valence-corrected chi connectivity index (χ0v) is 12.0. The van der Waals surface area contributed by atoms with E-state index in [4.69, 9.17) is 4.74 Å². The average molecular weight is 236 g/mol. The molecule has 0 aliphatic rings. The molecule has 17 heavy (non-hydrogen) atoms. The van der Waals surface area contributed by atoms with E-state index in [1.54, 1.807) is 7.11 Å². The molecule has 0 bridgehead atoms. The van der Waals surface area contributed by atoms with Crippen LogP contribution in [0.25, 0.3) is 0 Å². The number of methoxy groups -OCH3 is 1. The molecule has 0 heterocycles. The fourth-order valence-electron chi connectivity index (χ4n) is 1.82. The summed E-state index contributed by atoms with van der Waals surface area (Å²) in [5, 5.41) is 10.2. The van der Waals surface area contributed by atoms with Crippen molar-refractivity contribution in [3.05, 3.63) is 28.8 Å². The lowest BCUT2D eigenvalue weighted by Crippen LogP contribution is -2.21. The third-order valence-electron chi connectivity index (χ3n) is 3.31. The number of benzene rings is 1. The van der Waals surface area contributed by atoms with Gasteiger partial charge in [0, 0.05) is 7.11 Å². The SMILES string of the molecule is COC(C)(C)c1cc(C)c(O)c(C(C)(C)C)c1. The van der Waals surface area contributed by atoms with E-state index in [2.05, 4.69) is 20.8 Å². The highest BCUT2D eigenvalue weighted by molar-refractivity contribution is 5.47. The summed E-state index contributed by atoms with van der Waals surface area (Å²) in [6, 6.07) is 4.04. The number of aromatic hydroxyl groups is 1. The van der Waals surface area contributed by atoms with E-state index < -0.39 is 0 Å². The monoisotopic (exact) mass is 236 g/mol. The average Bonchev–Trinajstić information content (AvgIpc) is 2.19. The molecule has 0 fully saturated rings. The summed E-state index contributed by atoms with van der Waals surface area (Å²) >= 11 is 0. The Morgan fingerprint density at radius 3 is 2.00 bits per heavy atom. The number of rotatable bonds is 2. The van der Waals surface area contributed by atoms with Crippen LogP contribution in [0.15, 0.2) is 12.1 Å². The van der Waals surface area contributed by atoms with Crippen molar-refractivity contribution < 1.29 is 9.84 Å². The number of phenols is 1. The minimum atomic E-state index is -0.335. The number of hydrogen-bond acceptors (Lipinski definition) is 2. The van der Waals surface area contributed by atoms with Gasteiger partial charge in [-0.1, -0.05) is 20.8 Å². The van der Waals surface area contributed by atoms with Gasteiger partial charge in [0.15, 0.2) is 0 Å². The highest BCUT2D eigenvalue weighted by atomic mass is 16.5. The van der Waals surface area contributed by atoms with Gasteiger partial charge in [0.25, 0.3) is 0 Å². The van der Waals surface area contributed by atoms with Crippen LogP contribution in [0.5, 0.6) is 5.75 Å². The Hall–Kier alpha value is -1.02. The molecule has 0 aromatic heterocycles. The highest BCUT2D eigenvalue weighted by Crippen LogP contribution is 2.37. The van der Waals surface area contributed by atoms with Gasteiger partial charge < -0.3 is 9.84 Å². The summed E-state index contributed by atoms with van der Waals surface area (Å²) in [7, 11) is 1.71. The Bertz CT molecular complexity index is 412. The summed E-state index contributed by atoms with van der Waals surface area (Å²) in [4.78, 5) is 0. The van der Waals surface area contributed by atoms with Gasteiger partial charge in [0.1, 0.15) is 5.75 Å². The molecule has 0 spiro atoms. The molecular formula is C15H24O2. The molecule has 0 unspecified atom stereocenters. The predicted octanol–water partition coefficient (Wildman–Crippen LogP) is 3.88. The van der Waals surface area contributed by atoms with Crippen LogP contribution < -0.4 is 0 Å². The second-order valence-electron chi connectivity index (χ2n) is 6.15. The van der Waals surface area contributed by atoms with Crippen LogP contribution in [0, 0.1) is 6.92 Å². The first kappa shape index (κ1) is 14.0.